The highest BCUT2D eigenvalue weighted by Crippen LogP contribution is 2.07. The summed E-state index contributed by atoms with van der Waals surface area (Å²) in [6.07, 6.45) is 5.80. The molecule has 0 bridgehead atoms. The van der Waals surface area contributed by atoms with Gasteiger partial charge >= 0.3 is 5.97 Å². The summed E-state index contributed by atoms with van der Waals surface area (Å²) in [4.78, 5) is 23.1. The second-order valence-electron chi connectivity index (χ2n) is 4.62. The fourth-order valence-electron chi connectivity index (χ4n) is 1.85. The largest absolute Gasteiger partial charge is 0.480 e. The predicted octanol–water partition coefficient (Wildman–Crippen LogP) is 2.79. The predicted molar refractivity (Wildman–Crippen MR) is 78.8 cm³/mol. The van der Waals surface area contributed by atoms with Gasteiger partial charge in [0.05, 0.1) is 0 Å². The molecular formula is C16H21NO3. The van der Waals surface area contributed by atoms with Crippen molar-refractivity contribution in [2.45, 2.75) is 39.2 Å². The molecule has 4 heteroatoms. The Bertz CT molecular complexity index is 477. The Balaban J connectivity index is 2.70. The van der Waals surface area contributed by atoms with Crippen molar-refractivity contribution in [2.24, 2.45) is 0 Å². The van der Waals surface area contributed by atoms with E-state index in [-0.39, 0.29) is 12.3 Å². The van der Waals surface area contributed by atoms with Gasteiger partial charge in [-0.05, 0) is 37.5 Å². The highest BCUT2D eigenvalue weighted by Gasteiger charge is 2.19. The first kappa shape index (κ1) is 16.0. The first-order valence-corrected chi connectivity index (χ1v) is 6.82. The molecule has 1 aromatic carbocycles. The van der Waals surface area contributed by atoms with Crippen molar-refractivity contribution in [3.63, 3.8) is 0 Å². The zero-order chi connectivity index (χ0) is 15.0. The number of carbonyl (C=O) groups is 2. The summed E-state index contributed by atoms with van der Waals surface area (Å²) < 4.78 is 0. The number of hydrogen-bond donors (Lipinski definition) is 2. The van der Waals surface area contributed by atoms with E-state index in [0.717, 1.165) is 12.8 Å². The zero-order valence-corrected chi connectivity index (χ0v) is 11.9. The molecule has 20 heavy (non-hydrogen) atoms. The lowest BCUT2D eigenvalue weighted by Crippen LogP contribution is -2.40. The molecule has 1 amide bonds. The van der Waals surface area contributed by atoms with E-state index in [0.29, 0.717) is 5.56 Å². The summed E-state index contributed by atoms with van der Waals surface area (Å²) in [5.41, 5.74) is 1.66. The Morgan fingerprint density at radius 2 is 1.95 bits per heavy atom. The van der Waals surface area contributed by atoms with Crippen molar-refractivity contribution < 1.29 is 14.7 Å². The Kier molecular flexibility index (Phi) is 6.50. The number of amides is 1. The molecule has 0 aromatic heterocycles. The fraction of sp³-hybridized carbons (Fsp3) is 0.375. The fourth-order valence-corrected chi connectivity index (χ4v) is 1.85. The average Bonchev–Trinajstić information content (AvgIpc) is 2.44. The minimum atomic E-state index is -1.03. The highest BCUT2D eigenvalue weighted by atomic mass is 16.4. The Labute approximate surface area is 119 Å². The van der Waals surface area contributed by atoms with E-state index in [1.807, 2.05) is 19.1 Å². The van der Waals surface area contributed by atoms with Crippen LogP contribution in [0.5, 0.6) is 0 Å². The third kappa shape index (κ3) is 4.88. The van der Waals surface area contributed by atoms with Gasteiger partial charge in [0.15, 0.2) is 0 Å². The molecule has 0 radical (unpaired) electrons. The van der Waals surface area contributed by atoms with E-state index >= 15 is 0 Å². The zero-order valence-electron chi connectivity index (χ0n) is 11.9. The van der Waals surface area contributed by atoms with Crippen LogP contribution < -0.4 is 5.32 Å². The molecule has 1 atom stereocenters. The quantitative estimate of drug-likeness (QED) is 0.752. The van der Waals surface area contributed by atoms with Crippen LogP contribution in [0.1, 0.15) is 42.6 Å². The van der Waals surface area contributed by atoms with Crippen LogP contribution in [-0.4, -0.2) is 23.0 Å². The van der Waals surface area contributed by atoms with Gasteiger partial charge in [-0.2, -0.15) is 0 Å². The molecule has 0 saturated heterocycles. The maximum atomic E-state index is 12.0. The Morgan fingerprint density at radius 3 is 2.45 bits per heavy atom. The van der Waals surface area contributed by atoms with Crippen LogP contribution in [0.25, 0.3) is 0 Å². The summed E-state index contributed by atoms with van der Waals surface area (Å²) in [6.45, 7) is 3.91. The molecular weight excluding hydrogens is 254 g/mol. The lowest BCUT2D eigenvalue weighted by atomic mass is 10.1. The summed E-state index contributed by atoms with van der Waals surface area (Å²) in [7, 11) is 0. The molecule has 4 nitrogen and oxygen atoms in total. The number of nitrogens with one attached hydrogen (secondary N) is 1. The van der Waals surface area contributed by atoms with Gasteiger partial charge < -0.3 is 10.4 Å². The molecule has 108 valence electrons. The molecule has 1 aromatic rings. The van der Waals surface area contributed by atoms with E-state index in [2.05, 4.69) is 12.2 Å². The van der Waals surface area contributed by atoms with Crippen molar-refractivity contribution in [3.05, 3.63) is 47.5 Å². The van der Waals surface area contributed by atoms with E-state index in [9.17, 15) is 9.59 Å². The number of aliphatic carboxylic acids is 1. The van der Waals surface area contributed by atoms with E-state index < -0.39 is 12.0 Å². The molecule has 0 spiro atoms. The van der Waals surface area contributed by atoms with Crippen LogP contribution in [0.15, 0.2) is 36.4 Å². The van der Waals surface area contributed by atoms with E-state index in [1.165, 1.54) is 5.56 Å². The third-order valence-corrected chi connectivity index (χ3v) is 2.97. The summed E-state index contributed by atoms with van der Waals surface area (Å²) >= 11 is 0. The molecule has 0 heterocycles. The monoisotopic (exact) mass is 275 g/mol. The van der Waals surface area contributed by atoms with Gasteiger partial charge in [-0.1, -0.05) is 37.6 Å². The van der Waals surface area contributed by atoms with Gasteiger partial charge in [-0.25, -0.2) is 4.79 Å². The summed E-state index contributed by atoms with van der Waals surface area (Å²) in [6, 6.07) is 6.37. The van der Waals surface area contributed by atoms with Crippen LogP contribution in [0.4, 0.5) is 0 Å². The van der Waals surface area contributed by atoms with Crippen molar-refractivity contribution in [2.75, 3.05) is 0 Å². The Hall–Kier alpha value is -2.10. The van der Waals surface area contributed by atoms with Crippen molar-refractivity contribution >= 4 is 11.9 Å². The lowest BCUT2D eigenvalue weighted by Gasteiger charge is -2.12. The number of rotatable bonds is 7. The van der Waals surface area contributed by atoms with Gasteiger partial charge in [0, 0.05) is 5.56 Å². The number of benzene rings is 1. The number of allylic oxidation sites excluding steroid dienone is 1. The van der Waals surface area contributed by atoms with Crippen molar-refractivity contribution in [3.8, 4) is 0 Å². The minimum Gasteiger partial charge on any atom is -0.480 e. The normalized spacial score (nSPS) is 12.3. The lowest BCUT2D eigenvalue weighted by molar-refractivity contribution is -0.139. The summed E-state index contributed by atoms with van der Waals surface area (Å²) in [5.74, 6) is -1.39. The van der Waals surface area contributed by atoms with Crippen molar-refractivity contribution in [1.29, 1.82) is 0 Å². The average molecular weight is 275 g/mol. The number of carbonyl (C=O) groups excluding carboxylic acids is 1. The molecule has 1 unspecified atom stereocenters. The number of aryl methyl sites for hydroxylation is 1. The minimum absolute atomic E-state index is 0.283. The Morgan fingerprint density at radius 1 is 1.30 bits per heavy atom. The molecule has 0 aliphatic carbocycles. The van der Waals surface area contributed by atoms with Gasteiger partial charge in [0.2, 0.25) is 0 Å². The van der Waals surface area contributed by atoms with Gasteiger partial charge in [0.1, 0.15) is 6.04 Å². The van der Waals surface area contributed by atoms with Crippen LogP contribution >= 0.6 is 0 Å². The topological polar surface area (TPSA) is 66.4 Å². The summed E-state index contributed by atoms with van der Waals surface area (Å²) in [5, 5.41) is 11.6. The van der Waals surface area contributed by atoms with Crippen LogP contribution in [0.3, 0.4) is 0 Å². The molecule has 1 rings (SSSR count). The third-order valence-electron chi connectivity index (χ3n) is 2.97. The first-order valence-electron chi connectivity index (χ1n) is 6.82. The number of carboxylic acid groups (broad SMARTS) is 1. The SMILES string of the molecule is C/C=C/CC(NC(=O)c1ccc(CCC)cc1)C(=O)O. The molecule has 2 N–H and O–H groups in total. The molecule has 0 fully saturated rings. The van der Waals surface area contributed by atoms with Crippen LogP contribution in [0.2, 0.25) is 0 Å². The smallest absolute Gasteiger partial charge is 0.326 e. The maximum Gasteiger partial charge on any atom is 0.326 e. The van der Waals surface area contributed by atoms with Gasteiger partial charge in [0.25, 0.3) is 5.91 Å². The highest BCUT2D eigenvalue weighted by molar-refractivity contribution is 5.96. The molecule has 0 aliphatic rings. The first-order chi connectivity index (χ1) is 9.58. The van der Waals surface area contributed by atoms with Crippen LogP contribution in [-0.2, 0) is 11.2 Å². The van der Waals surface area contributed by atoms with E-state index in [1.54, 1.807) is 24.3 Å². The van der Waals surface area contributed by atoms with Gasteiger partial charge in [-0.3, -0.25) is 4.79 Å². The standard InChI is InChI=1S/C16H21NO3/c1-3-5-7-14(16(19)20)17-15(18)13-10-8-12(6-4-2)9-11-13/h3,5,8-11,14H,4,6-7H2,1-2H3,(H,17,18)(H,19,20)/b5-3+. The maximum absolute atomic E-state index is 12.0. The number of carboxylic acids is 1. The molecule has 0 saturated carbocycles. The van der Waals surface area contributed by atoms with E-state index in [4.69, 9.17) is 5.11 Å². The second-order valence-corrected chi connectivity index (χ2v) is 4.62. The number of hydrogen-bond acceptors (Lipinski definition) is 2. The van der Waals surface area contributed by atoms with Crippen LogP contribution in [0, 0.1) is 0 Å². The van der Waals surface area contributed by atoms with Crippen molar-refractivity contribution in [1.82, 2.24) is 5.32 Å². The molecule has 0 aliphatic heterocycles. The van der Waals surface area contributed by atoms with Gasteiger partial charge in [-0.15, -0.1) is 0 Å². The second kappa shape index (κ2) is 8.15.